The minimum Gasteiger partial charge on any atom is -0.335 e. The van der Waals surface area contributed by atoms with Crippen LogP contribution in [0.1, 0.15) is 120 Å². The van der Waals surface area contributed by atoms with Gasteiger partial charge < -0.3 is 6.42 Å². The first kappa shape index (κ1) is 76.1. The quantitative estimate of drug-likeness (QED) is 0.286. The van der Waals surface area contributed by atoms with Crippen LogP contribution in [0.3, 0.4) is 0 Å². The molecule has 0 saturated heterocycles. The summed E-state index contributed by atoms with van der Waals surface area (Å²) in [5.41, 5.74) is 0. The molecule has 23 heavy (non-hydrogen) atoms. The predicted octanol–water partition coefficient (Wildman–Crippen LogP) is 9.76. The van der Waals surface area contributed by atoms with Crippen molar-refractivity contribution in [2.75, 3.05) is 0 Å². The number of diazo groups is 1. The summed E-state index contributed by atoms with van der Waals surface area (Å²) in [7, 11) is 0. The fourth-order valence-corrected chi connectivity index (χ4v) is 0. The summed E-state index contributed by atoms with van der Waals surface area (Å²) in [6, 6.07) is 0.0648. The second kappa shape index (κ2) is 144. The normalized spacial score (nSPS) is 4.78. The Morgan fingerprint density at radius 1 is 0.652 bits per heavy atom. The van der Waals surface area contributed by atoms with Crippen LogP contribution in [-0.2, 0) is 32.7 Å². The largest absolute Gasteiger partial charge is 0.335 e. The summed E-state index contributed by atoms with van der Waals surface area (Å²) in [5, 5.41) is 7.77. The topological polar surface area (TPSA) is 28.1 Å². The smallest absolute Gasteiger partial charge is 0.308 e. The van der Waals surface area contributed by atoms with Gasteiger partial charge in [0.05, 0.1) is 0 Å². The maximum absolute atomic E-state index is 7.77. The van der Waals surface area contributed by atoms with Gasteiger partial charge in [0, 0.05) is 46.6 Å². The van der Waals surface area contributed by atoms with Crippen LogP contribution < -0.4 is 0 Å². The summed E-state index contributed by atoms with van der Waals surface area (Å²) in [5.74, 6) is 0.833. The van der Waals surface area contributed by atoms with Crippen LogP contribution in [0, 0.1) is 17.7 Å². The first-order valence-corrected chi connectivity index (χ1v) is 7.50. The number of rotatable bonds is 0. The van der Waals surface area contributed by atoms with Gasteiger partial charge in [-0.15, -0.1) is 0 Å². The van der Waals surface area contributed by atoms with E-state index in [1.807, 2.05) is 61.8 Å². The van der Waals surface area contributed by atoms with Crippen molar-refractivity contribution in [3.05, 3.63) is 11.4 Å². The Labute approximate surface area is 180 Å². The van der Waals surface area contributed by atoms with Gasteiger partial charge in [-0.3, -0.25) is 0 Å². The van der Waals surface area contributed by atoms with Crippen LogP contribution in [0.4, 0.5) is 0 Å². The van der Waals surface area contributed by atoms with Crippen molar-refractivity contribution in [3.63, 3.8) is 0 Å². The first-order valence-electron chi connectivity index (χ1n) is 7.50. The molecule has 0 aliphatic heterocycles. The molecule has 0 saturated carbocycles. The van der Waals surface area contributed by atoms with Gasteiger partial charge in [-0.2, -0.15) is 13.8 Å². The monoisotopic (exact) mass is 415 g/mol. The average molecular weight is 416 g/mol. The van der Waals surface area contributed by atoms with Gasteiger partial charge in [0.1, 0.15) is 4.98 Å². The van der Waals surface area contributed by atoms with Crippen molar-refractivity contribution in [2.45, 2.75) is 126 Å². The molecule has 0 rings (SSSR count). The van der Waals surface area contributed by atoms with E-state index in [2.05, 4.69) is 25.7 Å². The standard InChI is InChI=1S/C4H10.C3H7N2.C3H7.3C2H6.4CH4.Y/c1-4(2)3;1-3(2)5-4;1-3-2;3*1-2;;;;;/h4H,1-3H3;3H,1-2H3;3H,1-2H3;3*1-2H3;4*1H4;/q;+1;-1;;;;;;;;. The van der Waals surface area contributed by atoms with Crippen LogP contribution in [0.5, 0.6) is 0 Å². The number of nitrogens with zero attached hydrogens (tertiary/aromatic N) is 2. The maximum Gasteiger partial charge on any atom is 0.308 e. The predicted molar refractivity (Wildman–Crippen MR) is 117 cm³/mol. The zero-order valence-electron chi connectivity index (χ0n) is 16.2. The van der Waals surface area contributed by atoms with E-state index in [1.165, 1.54) is 0 Å². The maximum atomic E-state index is 7.77. The Morgan fingerprint density at radius 3 is 0.696 bits per heavy atom. The molecule has 0 unspecified atom stereocenters. The molecule has 151 valence electrons. The molecule has 0 fully saturated rings. The first-order chi connectivity index (χ1) is 8.42. The van der Waals surface area contributed by atoms with Crippen molar-refractivity contribution < 1.29 is 32.7 Å². The number of hydrogen-bond acceptors (Lipinski definition) is 1. The fourth-order valence-electron chi connectivity index (χ4n) is 0. The Kier molecular flexibility index (Phi) is 475. The van der Waals surface area contributed by atoms with Crippen molar-refractivity contribution in [1.82, 2.24) is 0 Å². The Morgan fingerprint density at radius 2 is 0.696 bits per heavy atom. The minimum absolute atomic E-state index is 0. The molecule has 0 aromatic heterocycles. The second-order valence-corrected chi connectivity index (χ2v) is 3.52. The van der Waals surface area contributed by atoms with Crippen molar-refractivity contribution in [3.8, 4) is 0 Å². The van der Waals surface area contributed by atoms with Crippen molar-refractivity contribution in [2.24, 2.45) is 5.92 Å². The van der Waals surface area contributed by atoms with E-state index in [9.17, 15) is 0 Å². The zero-order valence-corrected chi connectivity index (χ0v) is 19.0. The molecule has 0 aliphatic rings. The van der Waals surface area contributed by atoms with Gasteiger partial charge in [0.2, 0.25) is 5.39 Å². The fraction of sp³-hybridized carbons (Fsp3) is 0.950. The Hall–Kier alpha value is 0.524. The molecule has 0 amide bonds. The number of hydrogen-bond donors (Lipinski definition) is 0. The molecule has 0 aromatic carbocycles. The van der Waals surface area contributed by atoms with Gasteiger partial charge in [-0.1, -0.05) is 92.0 Å². The third-order valence-electron chi connectivity index (χ3n) is 0.231. The summed E-state index contributed by atoms with van der Waals surface area (Å²) < 4.78 is 0. The van der Waals surface area contributed by atoms with Crippen LogP contribution >= 0.6 is 0 Å². The molecule has 0 N–H and O–H groups in total. The van der Waals surface area contributed by atoms with Crippen LogP contribution in [0.25, 0.3) is 4.98 Å². The Bertz CT molecular complexity index is 95.6. The summed E-state index contributed by atoms with van der Waals surface area (Å²) in [6.07, 6.45) is 2.00. The van der Waals surface area contributed by atoms with Crippen molar-refractivity contribution >= 4 is 0 Å². The Balaban J connectivity index is -0.00000000831. The van der Waals surface area contributed by atoms with Gasteiger partial charge >= 0.3 is 6.04 Å². The SMILES string of the molecule is C.C.C.C.CC.CC.CC.CC(C)C.CC(C)[N+]#N.C[CH-]C.[Y]. The van der Waals surface area contributed by atoms with E-state index in [-0.39, 0.29) is 68.5 Å². The molecular formula is C20H58N2Y. The van der Waals surface area contributed by atoms with Crippen LogP contribution in [0.15, 0.2) is 0 Å². The van der Waals surface area contributed by atoms with Gasteiger partial charge in [-0.05, 0) is 5.92 Å². The molecular weight excluding hydrogens is 357 g/mol. The van der Waals surface area contributed by atoms with Gasteiger partial charge in [0.25, 0.3) is 0 Å². The minimum atomic E-state index is 0. The average Bonchev–Trinajstić information content (AvgIpc) is 2.37. The van der Waals surface area contributed by atoms with E-state index < -0.39 is 0 Å². The van der Waals surface area contributed by atoms with Gasteiger partial charge in [-0.25, -0.2) is 0 Å². The third kappa shape index (κ3) is 1490. The summed E-state index contributed by atoms with van der Waals surface area (Å²) in [6.45, 7) is 26.1. The van der Waals surface area contributed by atoms with Crippen molar-refractivity contribution in [1.29, 1.82) is 5.39 Å². The second-order valence-electron chi connectivity index (χ2n) is 3.52. The third-order valence-corrected chi connectivity index (χ3v) is 0.231. The summed E-state index contributed by atoms with van der Waals surface area (Å²) in [4.78, 5) is 2.89. The molecule has 2 nitrogen and oxygen atoms in total. The van der Waals surface area contributed by atoms with E-state index in [0.29, 0.717) is 0 Å². The molecule has 0 atom stereocenters. The van der Waals surface area contributed by atoms with E-state index >= 15 is 0 Å². The molecule has 0 heterocycles. The molecule has 0 bridgehead atoms. The van der Waals surface area contributed by atoms with Crippen LogP contribution in [-0.4, -0.2) is 6.04 Å². The summed E-state index contributed by atoms with van der Waals surface area (Å²) >= 11 is 0. The molecule has 0 spiro atoms. The van der Waals surface area contributed by atoms with E-state index in [1.54, 1.807) is 13.8 Å². The van der Waals surface area contributed by atoms with Crippen LogP contribution in [0.2, 0.25) is 0 Å². The van der Waals surface area contributed by atoms with E-state index in [0.717, 1.165) is 5.92 Å². The molecule has 3 heteroatoms. The van der Waals surface area contributed by atoms with Gasteiger partial charge in [0.15, 0.2) is 0 Å². The van der Waals surface area contributed by atoms with E-state index in [4.69, 9.17) is 5.39 Å². The zero-order chi connectivity index (χ0) is 16.6. The molecule has 0 aromatic rings. The molecule has 1 radical (unpaired) electrons. The molecule has 0 aliphatic carbocycles.